The first-order chi connectivity index (χ1) is 4.54. The normalized spacial score (nSPS) is 31.2. The summed E-state index contributed by atoms with van der Waals surface area (Å²) in [6.07, 6.45) is 0. The van der Waals surface area contributed by atoms with Crippen LogP contribution in [0.1, 0.15) is 6.92 Å². The van der Waals surface area contributed by atoms with Gasteiger partial charge in [-0.3, -0.25) is 5.73 Å². The second kappa shape index (κ2) is 2.17. The van der Waals surface area contributed by atoms with E-state index in [4.69, 9.17) is 10.8 Å². The maximum atomic E-state index is 10.4. The van der Waals surface area contributed by atoms with E-state index in [1.807, 2.05) is 0 Å². The standard InChI is InChI=1S/C5H8N2O2S/c1-3-2-10-5(6,7-3)4(8)9/h2,7H,6H2,1H3,(H,8,9). The zero-order chi connectivity index (χ0) is 7.78. The van der Waals surface area contributed by atoms with Crippen LogP contribution < -0.4 is 11.1 Å². The quantitative estimate of drug-likeness (QED) is 0.498. The molecule has 0 aromatic rings. The van der Waals surface area contributed by atoms with Gasteiger partial charge in [0, 0.05) is 5.70 Å². The summed E-state index contributed by atoms with van der Waals surface area (Å²) in [6.45, 7) is 1.77. The van der Waals surface area contributed by atoms with Crippen molar-refractivity contribution in [3.05, 3.63) is 11.1 Å². The lowest BCUT2D eigenvalue weighted by atomic mass is 10.4. The molecule has 0 saturated carbocycles. The Morgan fingerprint density at radius 2 is 2.60 bits per heavy atom. The molecule has 1 atom stereocenters. The van der Waals surface area contributed by atoms with Crippen LogP contribution in [0.4, 0.5) is 0 Å². The largest absolute Gasteiger partial charge is 0.478 e. The van der Waals surface area contributed by atoms with E-state index in [2.05, 4.69) is 5.32 Å². The first-order valence-corrected chi connectivity index (χ1v) is 3.57. The SMILES string of the molecule is CC1=CSC(N)(C(=O)O)N1. The molecule has 0 aromatic heterocycles. The van der Waals surface area contributed by atoms with Crippen LogP contribution in [0.15, 0.2) is 11.1 Å². The fourth-order valence-electron chi connectivity index (χ4n) is 0.637. The fraction of sp³-hybridized carbons (Fsp3) is 0.400. The molecule has 0 amide bonds. The van der Waals surface area contributed by atoms with Crippen LogP contribution in [-0.4, -0.2) is 16.1 Å². The van der Waals surface area contributed by atoms with E-state index in [-0.39, 0.29) is 0 Å². The first-order valence-electron chi connectivity index (χ1n) is 2.69. The molecule has 0 aromatic carbocycles. The average molecular weight is 160 g/mol. The highest BCUT2D eigenvalue weighted by atomic mass is 32.2. The van der Waals surface area contributed by atoms with Crippen molar-refractivity contribution in [3.63, 3.8) is 0 Å². The Bertz CT molecular complexity index is 204. The monoisotopic (exact) mass is 160 g/mol. The summed E-state index contributed by atoms with van der Waals surface area (Å²) < 4.78 is 0. The summed E-state index contributed by atoms with van der Waals surface area (Å²) in [5, 5.41) is 12.9. The van der Waals surface area contributed by atoms with Crippen LogP contribution >= 0.6 is 11.8 Å². The summed E-state index contributed by atoms with van der Waals surface area (Å²) in [6, 6.07) is 0. The Morgan fingerprint density at radius 1 is 2.00 bits per heavy atom. The zero-order valence-corrected chi connectivity index (χ0v) is 6.23. The Balaban J connectivity index is 2.70. The van der Waals surface area contributed by atoms with Crippen molar-refractivity contribution in [1.29, 1.82) is 0 Å². The second-order valence-corrected chi connectivity index (χ2v) is 3.20. The topological polar surface area (TPSA) is 75.4 Å². The van der Waals surface area contributed by atoms with Gasteiger partial charge in [0.25, 0.3) is 0 Å². The summed E-state index contributed by atoms with van der Waals surface area (Å²) >= 11 is 1.07. The number of hydrogen-bond donors (Lipinski definition) is 3. The first kappa shape index (κ1) is 7.43. The molecule has 1 aliphatic heterocycles. The molecule has 56 valence electrons. The second-order valence-electron chi connectivity index (χ2n) is 2.08. The van der Waals surface area contributed by atoms with Gasteiger partial charge < -0.3 is 10.4 Å². The van der Waals surface area contributed by atoms with E-state index in [0.29, 0.717) is 0 Å². The molecule has 1 rings (SSSR count). The Morgan fingerprint density at radius 3 is 2.80 bits per heavy atom. The van der Waals surface area contributed by atoms with Crippen molar-refractivity contribution >= 4 is 17.7 Å². The van der Waals surface area contributed by atoms with Gasteiger partial charge in [-0.15, -0.1) is 0 Å². The van der Waals surface area contributed by atoms with Gasteiger partial charge in [-0.2, -0.15) is 0 Å². The lowest BCUT2D eigenvalue weighted by molar-refractivity contribution is -0.140. The van der Waals surface area contributed by atoms with Gasteiger partial charge in [-0.1, -0.05) is 11.8 Å². The number of aliphatic carboxylic acids is 1. The molecule has 10 heavy (non-hydrogen) atoms. The number of thioether (sulfide) groups is 1. The molecule has 1 aliphatic rings. The minimum atomic E-state index is -1.34. The Labute approximate surface area is 62.5 Å². The maximum Gasteiger partial charge on any atom is 0.355 e. The van der Waals surface area contributed by atoms with Crippen LogP contribution in [0.25, 0.3) is 0 Å². The van der Waals surface area contributed by atoms with Crippen molar-refractivity contribution in [2.45, 2.75) is 11.9 Å². The van der Waals surface area contributed by atoms with Crippen molar-refractivity contribution < 1.29 is 9.90 Å². The number of nitrogens with one attached hydrogen (secondary N) is 1. The lowest BCUT2D eigenvalue weighted by Gasteiger charge is -2.18. The minimum Gasteiger partial charge on any atom is -0.478 e. The number of carbonyl (C=O) groups is 1. The van der Waals surface area contributed by atoms with Crippen molar-refractivity contribution in [1.82, 2.24) is 5.32 Å². The number of nitrogens with two attached hydrogens (primary N) is 1. The average Bonchev–Trinajstić information content (AvgIpc) is 2.13. The molecular formula is C5H8N2O2S. The molecule has 5 heteroatoms. The van der Waals surface area contributed by atoms with Crippen molar-refractivity contribution in [2.75, 3.05) is 0 Å². The number of carboxylic acid groups (broad SMARTS) is 1. The van der Waals surface area contributed by atoms with Gasteiger partial charge in [-0.05, 0) is 12.3 Å². The summed E-state index contributed by atoms with van der Waals surface area (Å²) in [5.74, 6) is -1.05. The van der Waals surface area contributed by atoms with E-state index >= 15 is 0 Å². The molecule has 4 N–H and O–H groups in total. The third kappa shape index (κ3) is 1.10. The predicted molar refractivity (Wildman–Crippen MR) is 39.0 cm³/mol. The molecule has 1 heterocycles. The van der Waals surface area contributed by atoms with Crippen molar-refractivity contribution in [2.24, 2.45) is 5.73 Å². The van der Waals surface area contributed by atoms with Crippen LogP contribution in [0.5, 0.6) is 0 Å². The van der Waals surface area contributed by atoms with Gasteiger partial charge in [0.15, 0.2) is 0 Å². The smallest absolute Gasteiger partial charge is 0.355 e. The summed E-state index contributed by atoms with van der Waals surface area (Å²) in [4.78, 5) is 9.08. The van der Waals surface area contributed by atoms with Crippen LogP contribution in [0.2, 0.25) is 0 Å². The van der Waals surface area contributed by atoms with E-state index in [9.17, 15) is 4.79 Å². The predicted octanol–water partition coefficient (Wildman–Crippen LogP) is -0.119. The van der Waals surface area contributed by atoms with Gasteiger partial charge in [-0.25, -0.2) is 4.79 Å². The highest BCUT2D eigenvalue weighted by molar-refractivity contribution is 8.04. The number of allylic oxidation sites excluding steroid dienone is 1. The van der Waals surface area contributed by atoms with E-state index in [1.165, 1.54) is 0 Å². The maximum absolute atomic E-state index is 10.4. The van der Waals surface area contributed by atoms with Crippen molar-refractivity contribution in [3.8, 4) is 0 Å². The lowest BCUT2D eigenvalue weighted by Crippen LogP contribution is -2.53. The van der Waals surface area contributed by atoms with E-state index < -0.39 is 11.0 Å². The Hall–Kier alpha value is -0.680. The van der Waals surface area contributed by atoms with Crippen LogP contribution in [-0.2, 0) is 4.79 Å². The molecule has 0 aliphatic carbocycles. The highest BCUT2D eigenvalue weighted by Crippen LogP contribution is 2.26. The summed E-state index contributed by atoms with van der Waals surface area (Å²) in [5.41, 5.74) is 6.18. The molecule has 0 bridgehead atoms. The third-order valence-electron chi connectivity index (χ3n) is 1.12. The van der Waals surface area contributed by atoms with E-state index in [1.54, 1.807) is 12.3 Å². The van der Waals surface area contributed by atoms with Gasteiger partial charge in [0.1, 0.15) is 0 Å². The molecule has 0 saturated heterocycles. The van der Waals surface area contributed by atoms with Crippen LogP contribution in [0.3, 0.4) is 0 Å². The third-order valence-corrected chi connectivity index (χ3v) is 2.24. The number of hydrogen-bond acceptors (Lipinski definition) is 4. The molecule has 0 fully saturated rings. The van der Waals surface area contributed by atoms with Gasteiger partial charge in [0.05, 0.1) is 0 Å². The molecule has 0 spiro atoms. The molecule has 0 radical (unpaired) electrons. The zero-order valence-electron chi connectivity index (χ0n) is 5.42. The minimum absolute atomic E-state index is 0.787. The van der Waals surface area contributed by atoms with E-state index in [0.717, 1.165) is 17.5 Å². The van der Waals surface area contributed by atoms with Gasteiger partial charge >= 0.3 is 5.97 Å². The Kier molecular flexibility index (Phi) is 1.61. The summed E-state index contributed by atoms with van der Waals surface area (Å²) in [7, 11) is 0. The van der Waals surface area contributed by atoms with Gasteiger partial charge in [0.2, 0.25) is 4.99 Å². The number of carboxylic acids is 1. The highest BCUT2D eigenvalue weighted by Gasteiger charge is 2.37. The molecular weight excluding hydrogens is 152 g/mol. The van der Waals surface area contributed by atoms with Crippen LogP contribution in [0, 0.1) is 0 Å². The molecule has 1 unspecified atom stereocenters. The fourth-order valence-corrected chi connectivity index (χ4v) is 1.38. The molecule has 4 nitrogen and oxygen atoms in total. The number of rotatable bonds is 1.